The number of aromatic nitrogens is 6. The summed E-state index contributed by atoms with van der Waals surface area (Å²) in [6.45, 7) is 0.304. The first-order chi connectivity index (χ1) is 12.7. The summed E-state index contributed by atoms with van der Waals surface area (Å²) in [5.41, 5.74) is 3.47. The molecule has 0 aliphatic carbocycles. The second-order valence-corrected chi connectivity index (χ2v) is 5.83. The van der Waals surface area contributed by atoms with Gasteiger partial charge in [-0.15, -0.1) is 10.2 Å². The Morgan fingerprint density at radius 2 is 2.08 bits per heavy atom. The number of H-pyrrole nitrogens is 1. The lowest BCUT2D eigenvalue weighted by Gasteiger charge is -2.33. The molecule has 0 bridgehead atoms. The molecule has 0 spiro atoms. The Morgan fingerprint density at radius 3 is 2.73 bits per heavy atom. The van der Waals surface area contributed by atoms with Gasteiger partial charge in [-0.05, 0) is 22.8 Å². The third-order valence-corrected chi connectivity index (χ3v) is 4.36. The molecule has 130 valence electrons. The van der Waals surface area contributed by atoms with Crippen molar-refractivity contribution in [3.05, 3.63) is 60.2 Å². The molecule has 0 saturated heterocycles. The normalized spacial score (nSPS) is 17.0. The molecule has 1 aliphatic heterocycles. The molecule has 0 saturated carbocycles. The zero-order chi connectivity index (χ0) is 17.9. The van der Waals surface area contributed by atoms with Crippen molar-refractivity contribution < 1.29 is 9.90 Å². The zero-order valence-corrected chi connectivity index (χ0v) is 13.6. The third-order valence-electron chi connectivity index (χ3n) is 4.36. The van der Waals surface area contributed by atoms with Crippen molar-refractivity contribution in [3.8, 4) is 11.4 Å². The lowest BCUT2D eigenvalue weighted by atomic mass is 9.92. The minimum atomic E-state index is -0.952. The number of nitrogens with zero attached hydrogens (tertiary/aromatic N) is 6. The highest BCUT2D eigenvalue weighted by Gasteiger charge is 2.29. The average molecular weight is 349 g/mol. The monoisotopic (exact) mass is 349 g/mol. The minimum absolute atomic E-state index is 0.297. The maximum Gasteiger partial charge on any atom is 0.408 e. The van der Waals surface area contributed by atoms with Crippen LogP contribution < -0.4 is 0 Å². The summed E-state index contributed by atoms with van der Waals surface area (Å²) < 4.78 is 0. The van der Waals surface area contributed by atoms with E-state index in [0.717, 1.165) is 22.4 Å². The van der Waals surface area contributed by atoms with Crippen LogP contribution >= 0.6 is 0 Å². The molecule has 0 fully saturated rings. The maximum absolute atomic E-state index is 11.7. The number of aromatic amines is 1. The van der Waals surface area contributed by atoms with Gasteiger partial charge in [-0.25, -0.2) is 4.79 Å². The fourth-order valence-corrected chi connectivity index (χ4v) is 3.06. The van der Waals surface area contributed by atoms with Gasteiger partial charge in [0.15, 0.2) is 0 Å². The summed E-state index contributed by atoms with van der Waals surface area (Å²) in [4.78, 5) is 21.5. The summed E-state index contributed by atoms with van der Waals surface area (Å²) in [7, 11) is 0. The van der Waals surface area contributed by atoms with Crippen molar-refractivity contribution in [3.63, 3.8) is 0 Å². The van der Waals surface area contributed by atoms with Gasteiger partial charge >= 0.3 is 6.09 Å². The van der Waals surface area contributed by atoms with E-state index in [4.69, 9.17) is 0 Å². The maximum atomic E-state index is 11.7. The molecule has 1 aliphatic rings. The van der Waals surface area contributed by atoms with Crippen LogP contribution in [0, 0.1) is 0 Å². The van der Waals surface area contributed by atoms with Crippen LogP contribution in [0.2, 0.25) is 0 Å². The second-order valence-electron chi connectivity index (χ2n) is 5.83. The van der Waals surface area contributed by atoms with Crippen LogP contribution in [0.4, 0.5) is 4.79 Å². The van der Waals surface area contributed by atoms with E-state index in [1.807, 2.05) is 30.3 Å². The summed E-state index contributed by atoms with van der Waals surface area (Å²) >= 11 is 0. The van der Waals surface area contributed by atoms with Crippen LogP contribution in [0.5, 0.6) is 0 Å². The highest BCUT2D eigenvalue weighted by Crippen LogP contribution is 2.35. The van der Waals surface area contributed by atoms with E-state index in [9.17, 15) is 9.90 Å². The molecule has 1 amide bonds. The predicted molar refractivity (Wildman–Crippen MR) is 91.7 cm³/mol. The first kappa shape index (κ1) is 15.9. The molecule has 4 rings (SSSR count). The predicted octanol–water partition coefficient (Wildman–Crippen LogP) is 2.17. The standard InChI is InChI=1S/C17H15N7O2/c25-17(26)24-8-5-13(14-10-18-6-7-19-14)9-15(24)11-1-3-12(4-2-11)16-20-22-23-21-16/h1-7,10,15H,8-9H2,(H,25,26)(H,20,21,22,23). The molecule has 3 heterocycles. The second kappa shape index (κ2) is 6.71. The first-order valence-electron chi connectivity index (χ1n) is 8.01. The van der Waals surface area contributed by atoms with Gasteiger partial charge in [0.25, 0.3) is 0 Å². The quantitative estimate of drug-likeness (QED) is 0.743. The summed E-state index contributed by atoms with van der Waals surface area (Å²) in [6.07, 6.45) is 6.42. The van der Waals surface area contributed by atoms with Crippen molar-refractivity contribution in [2.24, 2.45) is 0 Å². The summed E-state index contributed by atoms with van der Waals surface area (Å²) in [5.74, 6) is 0.496. The number of hydrogen-bond acceptors (Lipinski definition) is 6. The Hall–Kier alpha value is -3.62. The summed E-state index contributed by atoms with van der Waals surface area (Å²) in [5, 5.41) is 23.4. The molecule has 1 unspecified atom stereocenters. The molecule has 9 heteroatoms. The number of tetrazole rings is 1. The number of nitrogens with one attached hydrogen (secondary N) is 1. The number of amides is 1. The molecule has 26 heavy (non-hydrogen) atoms. The van der Waals surface area contributed by atoms with Crippen molar-refractivity contribution >= 4 is 11.7 Å². The third kappa shape index (κ3) is 3.02. The van der Waals surface area contributed by atoms with Gasteiger partial charge in [0, 0.05) is 24.5 Å². The van der Waals surface area contributed by atoms with E-state index in [2.05, 4.69) is 30.6 Å². The fraction of sp³-hybridized carbons (Fsp3) is 0.176. The Bertz CT molecular complexity index is 924. The van der Waals surface area contributed by atoms with Gasteiger partial charge in [0.1, 0.15) is 0 Å². The lowest BCUT2D eigenvalue weighted by molar-refractivity contribution is 0.129. The number of carbonyl (C=O) groups is 1. The van der Waals surface area contributed by atoms with Crippen molar-refractivity contribution in [2.45, 2.75) is 12.5 Å². The smallest absolute Gasteiger partial charge is 0.408 e. The molecule has 0 radical (unpaired) electrons. The highest BCUT2D eigenvalue weighted by molar-refractivity contribution is 5.71. The number of benzene rings is 1. The largest absolute Gasteiger partial charge is 0.465 e. The van der Waals surface area contributed by atoms with Gasteiger partial charge in [0.05, 0.1) is 17.9 Å². The Kier molecular flexibility index (Phi) is 4.10. The van der Waals surface area contributed by atoms with Crippen LogP contribution in [0.3, 0.4) is 0 Å². The fourth-order valence-electron chi connectivity index (χ4n) is 3.06. The minimum Gasteiger partial charge on any atom is -0.465 e. The topological polar surface area (TPSA) is 121 Å². The van der Waals surface area contributed by atoms with Gasteiger partial charge in [-0.3, -0.25) is 14.9 Å². The summed E-state index contributed by atoms with van der Waals surface area (Å²) in [6, 6.07) is 7.22. The van der Waals surface area contributed by atoms with Crippen LogP contribution in [-0.2, 0) is 0 Å². The molecule has 2 N–H and O–H groups in total. The Morgan fingerprint density at radius 1 is 1.23 bits per heavy atom. The van der Waals surface area contributed by atoms with Gasteiger partial charge in [0.2, 0.25) is 5.82 Å². The van der Waals surface area contributed by atoms with Crippen molar-refractivity contribution in [1.82, 2.24) is 35.5 Å². The van der Waals surface area contributed by atoms with Gasteiger partial charge in [-0.2, -0.15) is 5.21 Å². The zero-order valence-electron chi connectivity index (χ0n) is 13.6. The van der Waals surface area contributed by atoms with E-state index in [-0.39, 0.29) is 6.04 Å². The molecule has 1 aromatic carbocycles. The van der Waals surface area contributed by atoms with E-state index in [0.29, 0.717) is 18.8 Å². The lowest BCUT2D eigenvalue weighted by Crippen LogP contribution is -2.36. The van der Waals surface area contributed by atoms with Gasteiger partial charge < -0.3 is 5.11 Å². The van der Waals surface area contributed by atoms with Crippen LogP contribution in [0.25, 0.3) is 17.0 Å². The SMILES string of the molecule is O=C(O)N1CC=C(c2cnccn2)CC1c1ccc(-c2nn[nH]n2)cc1. The van der Waals surface area contributed by atoms with Crippen molar-refractivity contribution in [2.75, 3.05) is 6.54 Å². The number of rotatable bonds is 3. The Balaban J connectivity index is 1.64. The van der Waals surface area contributed by atoms with Gasteiger partial charge in [-0.1, -0.05) is 30.3 Å². The van der Waals surface area contributed by atoms with Crippen molar-refractivity contribution in [1.29, 1.82) is 0 Å². The molecule has 1 atom stereocenters. The number of hydrogen-bond donors (Lipinski definition) is 2. The average Bonchev–Trinajstić information content (AvgIpc) is 3.23. The van der Waals surface area contributed by atoms with E-state index in [1.165, 1.54) is 4.90 Å². The molecular weight excluding hydrogens is 334 g/mol. The van der Waals surface area contributed by atoms with E-state index < -0.39 is 6.09 Å². The van der Waals surface area contributed by atoms with Crippen LogP contribution in [0.15, 0.2) is 48.9 Å². The van der Waals surface area contributed by atoms with E-state index >= 15 is 0 Å². The van der Waals surface area contributed by atoms with E-state index in [1.54, 1.807) is 18.6 Å². The molecule has 3 aromatic rings. The first-order valence-corrected chi connectivity index (χ1v) is 8.01. The Labute approximate surface area is 148 Å². The molecule has 9 nitrogen and oxygen atoms in total. The number of carboxylic acid groups (broad SMARTS) is 1. The van der Waals surface area contributed by atoms with Crippen LogP contribution in [0.1, 0.15) is 23.7 Å². The molecular formula is C17H15N7O2. The molecule has 2 aromatic heterocycles. The highest BCUT2D eigenvalue weighted by atomic mass is 16.4. The van der Waals surface area contributed by atoms with Crippen LogP contribution in [-0.4, -0.2) is 53.2 Å².